The number of carbonyl (C=O) groups excluding carboxylic acids is 2. The number of carbonyl (C=O) groups is 2. The topological polar surface area (TPSA) is 95.0 Å². The number of pyridine rings is 1. The third kappa shape index (κ3) is 5.59. The van der Waals surface area contributed by atoms with Crippen molar-refractivity contribution < 1.29 is 19.4 Å². The Hall–Kier alpha value is -2.61. The van der Waals surface area contributed by atoms with E-state index < -0.39 is 0 Å². The number of aliphatic hydroxyl groups is 1. The van der Waals surface area contributed by atoms with Crippen LogP contribution in [0.3, 0.4) is 0 Å². The first-order valence-electron chi connectivity index (χ1n) is 11.6. The number of fused-ring (bicyclic) bond motifs is 1. The molecule has 0 aromatic carbocycles. The maximum atomic E-state index is 13.3. The second-order valence-electron chi connectivity index (χ2n) is 9.06. The van der Waals surface area contributed by atoms with Crippen LogP contribution >= 0.6 is 0 Å². The fraction of sp³-hybridized carbons (Fsp3) is 0.625. The van der Waals surface area contributed by atoms with Crippen molar-refractivity contribution in [3.8, 4) is 5.88 Å². The van der Waals surface area contributed by atoms with Crippen LogP contribution in [0.25, 0.3) is 6.08 Å². The number of amides is 3. The number of allylic oxidation sites excluding steroid dienone is 1. The summed E-state index contributed by atoms with van der Waals surface area (Å²) < 4.78 is 6.24. The number of hydrogen-bond donors (Lipinski definition) is 2. The van der Waals surface area contributed by atoms with Gasteiger partial charge >= 0.3 is 6.03 Å². The predicted molar refractivity (Wildman–Crippen MR) is 124 cm³/mol. The number of nitrogens with one attached hydrogen (secondary N) is 1. The van der Waals surface area contributed by atoms with Gasteiger partial charge in [-0.3, -0.25) is 4.79 Å². The van der Waals surface area contributed by atoms with Gasteiger partial charge in [-0.25, -0.2) is 9.78 Å². The van der Waals surface area contributed by atoms with E-state index in [-0.39, 0.29) is 48.5 Å². The Balaban J connectivity index is 1.85. The monoisotopic (exact) mass is 444 g/mol. The van der Waals surface area contributed by atoms with Crippen LogP contribution in [0, 0.1) is 5.92 Å². The molecule has 3 atom stereocenters. The number of nitrogens with zero attached hydrogens (tertiary/aromatic N) is 3. The van der Waals surface area contributed by atoms with Crippen LogP contribution in [-0.2, 0) is 0 Å². The SMILES string of the molecule is C/C=C/c1cnc2c(c1)C(=O)N([C@H](C)CO)C[C@H](C)[C@@H](CN(C)C(=O)NC1CCCC1)O2. The molecular formula is C24H36N4O4. The van der Waals surface area contributed by atoms with E-state index in [1.807, 2.05) is 32.9 Å². The maximum absolute atomic E-state index is 13.3. The van der Waals surface area contributed by atoms with Gasteiger partial charge in [0, 0.05) is 31.7 Å². The first-order valence-corrected chi connectivity index (χ1v) is 11.6. The summed E-state index contributed by atoms with van der Waals surface area (Å²) in [5.74, 6) is -0.0163. The minimum Gasteiger partial charge on any atom is -0.472 e. The highest BCUT2D eigenvalue weighted by atomic mass is 16.5. The zero-order valence-electron chi connectivity index (χ0n) is 19.6. The molecule has 1 saturated carbocycles. The third-order valence-corrected chi connectivity index (χ3v) is 6.38. The first kappa shape index (κ1) is 24.0. The zero-order valence-corrected chi connectivity index (χ0v) is 19.6. The molecular weight excluding hydrogens is 408 g/mol. The summed E-state index contributed by atoms with van der Waals surface area (Å²) >= 11 is 0. The van der Waals surface area contributed by atoms with Crippen molar-refractivity contribution in [3.63, 3.8) is 0 Å². The van der Waals surface area contributed by atoms with Crippen LogP contribution in [0.2, 0.25) is 0 Å². The molecule has 0 radical (unpaired) electrons. The molecule has 0 bridgehead atoms. The van der Waals surface area contributed by atoms with E-state index in [1.54, 1.807) is 29.1 Å². The van der Waals surface area contributed by atoms with Gasteiger partial charge in [0.1, 0.15) is 11.7 Å². The quantitative estimate of drug-likeness (QED) is 0.704. The molecule has 3 amide bonds. The Morgan fingerprint density at radius 2 is 2.16 bits per heavy atom. The van der Waals surface area contributed by atoms with Crippen molar-refractivity contribution in [2.45, 2.75) is 64.6 Å². The fourth-order valence-electron chi connectivity index (χ4n) is 4.33. The van der Waals surface area contributed by atoms with Crippen molar-refractivity contribution >= 4 is 18.0 Å². The Kier molecular flexibility index (Phi) is 8.12. The van der Waals surface area contributed by atoms with Crippen LogP contribution in [0.15, 0.2) is 18.3 Å². The van der Waals surface area contributed by atoms with Crippen molar-refractivity contribution in [2.24, 2.45) is 5.92 Å². The molecule has 0 spiro atoms. The third-order valence-electron chi connectivity index (χ3n) is 6.38. The summed E-state index contributed by atoms with van der Waals surface area (Å²) in [6.07, 6.45) is 9.44. The van der Waals surface area contributed by atoms with Crippen LogP contribution in [0.5, 0.6) is 5.88 Å². The van der Waals surface area contributed by atoms with Crippen LogP contribution in [-0.4, -0.2) is 76.8 Å². The van der Waals surface area contributed by atoms with Crippen molar-refractivity contribution in [1.82, 2.24) is 20.1 Å². The van der Waals surface area contributed by atoms with E-state index >= 15 is 0 Å². The predicted octanol–water partition coefficient (Wildman–Crippen LogP) is 2.92. The van der Waals surface area contributed by atoms with Crippen molar-refractivity contribution in [2.75, 3.05) is 26.7 Å². The Morgan fingerprint density at radius 1 is 1.44 bits per heavy atom. The number of ether oxygens (including phenoxy) is 1. The lowest BCUT2D eigenvalue weighted by molar-refractivity contribution is 0.0351. The number of aliphatic hydroxyl groups excluding tert-OH is 1. The molecule has 8 nitrogen and oxygen atoms in total. The molecule has 8 heteroatoms. The van der Waals surface area contributed by atoms with Gasteiger partial charge in [-0.2, -0.15) is 0 Å². The summed E-state index contributed by atoms with van der Waals surface area (Å²) in [6.45, 7) is 6.37. The van der Waals surface area contributed by atoms with E-state index in [1.165, 1.54) is 0 Å². The Bertz CT molecular complexity index is 837. The van der Waals surface area contributed by atoms with E-state index in [0.717, 1.165) is 31.2 Å². The summed E-state index contributed by atoms with van der Waals surface area (Å²) in [5.41, 5.74) is 1.17. The van der Waals surface area contributed by atoms with Crippen molar-refractivity contribution in [1.29, 1.82) is 0 Å². The largest absolute Gasteiger partial charge is 0.472 e. The highest BCUT2D eigenvalue weighted by Crippen LogP contribution is 2.28. The molecule has 1 fully saturated rings. The lowest BCUT2D eigenvalue weighted by atomic mass is 10.00. The second-order valence-corrected chi connectivity index (χ2v) is 9.06. The van der Waals surface area contributed by atoms with Crippen LogP contribution in [0.4, 0.5) is 4.79 Å². The smallest absolute Gasteiger partial charge is 0.317 e. The summed E-state index contributed by atoms with van der Waals surface area (Å²) in [6, 6.07) is 1.56. The minimum absolute atomic E-state index is 0.0696. The van der Waals surface area contributed by atoms with E-state index in [2.05, 4.69) is 10.3 Å². The molecule has 1 aliphatic carbocycles. The maximum Gasteiger partial charge on any atom is 0.317 e. The molecule has 176 valence electrons. The summed E-state index contributed by atoms with van der Waals surface area (Å²) in [4.78, 5) is 33.8. The van der Waals surface area contributed by atoms with Gasteiger partial charge in [0.15, 0.2) is 0 Å². The molecule has 0 saturated heterocycles. The standard InChI is InChI=1S/C24H36N4O4/c1-5-8-18-11-20-22(25-12-18)32-21(16(2)13-28(23(20)30)17(3)15-29)14-27(4)24(31)26-19-9-6-7-10-19/h5,8,11-12,16-17,19,21,29H,6-7,9-10,13-15H2,1-4H3,(H,26,31)/b8-5+/t16-,17+,21+/m0/s1. The molecule has 1 aliphatic heterocycles. The normalized spacial score (nSPS) is 22.8. The molecule has 1 aromatic heterocycles. The Labute approximate surface area is 190 Å². The number of rotatable bonds is 6. The number of likely N-dealkylation sites (N-methyl/N-ethyl adjacent to an activating group) is 1. The lowest BCUT2D eigenvalue weighted by Crippen LogP contribution is -2.52. The average molecular weight is 445 g/mol. The molecule has 1 aromatic rings. The molecule has 2 aliphatic rings. The van der Waals surface area contributed by atoms with Gasteiger partial charge < -0.3 is 25.0 Å². The van der Waals surface area contributed by atoms with Gasteiger partial charge in [0.05, 0.1) is 19.2 Å². The van der Waals surface area contributed by atoms with Crippen LogP contribution in [0.1, 0.15) is 62.4 Å². The van der Waals surface area contributed by atoms with Gasteiger partial charge in [-0.1, -0.05) is 31.9 Å². The van der Waals surface area contributed by atoms with E-state index in [0.29, 0.717) is 18.7 Å². The van der Waals surface area contributed by atoms with Gasteiger partial charge in [-0.05, 0) is 38.3 Å². The van der Waals surface area contributed by atoms with Gasteiger partial charge in [0.2, 0.25) is 5.88 Å². The number of urea groups is 1. The molecule has 3 rings (SSSR count). The summed E-state index contributed by atoms with van der Waals surface area (Å²) in [7, 11) is 1.77. The minimum atomic E-state index is -0.352. The molecule has 32 heavy (non-hydrogen) atoms. The van der Waals surface area contributed by atoms with Gasteiger partial charge in [-0.15, -0.1) is 0 Å². The number of aromatic nitrogens is 1. The van der Waals surface area contributed by atoms with Crippen LogP contribution < -0.4 is 10.1 Å². The first-order chi connectivity index (χ1) is 15.3. The highest BCUT2D eigenvalue weighted by molar-refractivity contribution is 5.97. The van der Waals surface area contributed by atoms with Crippen molar-refractivity contribution in [3.05, 3.63) is 29.5 Å². The fourth-order valence-corrected chi connectivity index (χ4v) is 4.33. The lowest BCUT2D eigenvalue weighted by Gasteiger charge is -2.37. The highest BCUT2D eigenvalue weighted by Gasteiger charge is 2.34. The molecule has 2 heterocycles. The zero-order chi connectivity index (χ0) is 23.3. The van der Waals surface area contributed by atoms with Gasteiger partial charge in [0.25, 0.3) is 5.91 Å². The average Bonchev–Trinajstić information content (AvgIpc) is 3.29. The molecule has 2 N–H and O–H groups in total. The summed E-state index contributed by atoms with van der Waals surface area (Å²) in [5, 5.41) is 12.9. The molecule has 0 unspecified atom stereocenters. The van der Waals surface area contributed by atoms with E-state index in [9.17, 15) is 14.7 Å². The number of hydrogen-bond acceptors (Lipinski definition) is 5. The Morgan fingerprint density at radius 3 is 2.81 bits per heavy atom. The van der Waals surface area contributed by atoms with E-state index in [4.69, 9.17) is 4.74 Å². The second kappa shape index (κ2) is 10.8.